The average molecular weight is 785 g/mol. The maximum Gasteiger partial charge on any atom is 0.407 e. The number of alkyl carbamates (subject to hydrolysis) is 1. The van der Waals surface area contributed by atoms with Crippen LogP contribution >= 0.6 is 0 Å². The standard InChI is InChI=1S/C45H82F2N2O6/c1-3-5-7-9-11-13-15-17-18-20-22-24-26-28-30-32-44(51)55-42(39-54-45(52)48-41-36-49(37-41)35-40(33-46)34-47)38-53-43(50)31-29-27-25-23-21-19-16-14-12-10-8-6-4-2/h17-18,40-42H,3-16,19-39H2,1-2H3,(H,48,52)/b18-17-. The molecule has 0 aliphatic carbocycles. The second-order valence-corrected chi connectivity index (χ2v) is 16.0. The number of hydrogen-bond acceptors (Lipinski definition) is 7. The van der Waals surface area contributed by atoms with Gasteiger partial charge in [-0.15, -0.1) is 0 Å². The topological polar surface area (TPSA) is 94.2 Å². The Labute approximate surface area is 335 Å². The molecule has 1 unspecified atom stereocenters. The highest BCUT2D eigenvalue weighted by Crippen LogP contribution is 2.15. The molecule has 0 radical (unpaired) electrons. The van der Waals surface area contributed by atoms with Crippen LogP contribution in [0.2, 0.25) is 0 Å². The largest absolute Gasteiger partial charge is 0.462 e. The summed E-state index contributed by atoms with van der Waals surface area (Å²) in [6.07, 6.45) is 34.8. The van der Waals surface area contributed by atoms with Gasteiger partial charge in [-0.1, -0.05) is 154 Å². The van der Waals surface area contributed by atoms with Crippen LogP contribution in [0, 0.1) is 5.92 Å². The number of likely N-dealkylation sites (tertiary alicyclic amines) is 1. The number of allylic oxidation sites excluding steroid dienone is 2. The summed E-state index contributed by atoms with van der Waals surface area (Å²) in [5, 5.41) is 2.74. The zero-order chi connectivity index (χ0) is 40.0. The lowest BCUT2D eigenvalue weighted by atomic mass is 10.0. The summed E-state index contributed by atoms with van der Waals surface area (Å²) in [6.45, 7) is 3.93. The van der Waals surface area contributed by atoms with Crippen LogP contribution in [0.4, 0.5) is 13.6 Å². The van der Waals surface area contributed by atoms with Crippen LogP contribution in [0.15, 0.2) is 12.2 Å². The van der Waals surface area contributed by atoms with Crippen molar-refractivity contribution < 1.29 is 37.4 Å². The molecule has 1 rings (SSSR count). The van der Waals surface area contributed by atoms with Crippen LogP contribution in [0.5, 0.6) is 0 Å². The summed E-state index contributed by atoms with van der Waals surface area (Å²) < 4.78 is 42.1. The van der Waals surface area contributed by atoms with Gasteiger partial charge in [-0.05, 0) is 38.5 Å². The maximum atomic E-state index is 12.8. The molecule has 8 nitrogen and oxygen atoms in total. The van der Waals surface area contributed by atoms with Crippen LogP contribution in [-0.2, 0) is 23.8 Å². The van der Waals surface area contributed by atoms with E-state index in [-0.39, 0.29) is 31.6 Å². The first-order valence-corrected chi connectivity index (χ1v) is 22.7. The predicted octanol–water partition coefficient (Wildman–Crippen LogP) is 11.9. The minimum Gasteiger partial charge on any atom is -0.462 e. The molecule has 1 aliphatic heterocycles. The number of halogens is 2. The van der Waals surface area contributed by atoms with Gasteiger partial charge in [-0.3, -0.25) is 23.3 Å². The van der Waals surface area contributed by atoms with Gasteiger partial charge in [0, 0.05) is 38.4 Å². The molecule has 0 aromatic carbocycles. The van der Waals surface area contributed by atoms with Gasteiger partial charge in [0.15, 0.2) is 6.10 Å². The van der Waals surface area contributed by atoms with Gasteiger partial charge in [0.2, 0.25) is 0 Å². The number of amides is 1. The SMILES string of the molecule is CCCCCCCC/C=C\CCCCCCCC(=O)OC(COC(=O)CCCCCCCCCCCCCCC)COC(=O)NC1CN(CC(CF)CF)C1. The molecule has 1 atom stereocenters. The van der Waals surface area contributed by atoms with E-state index in [1.54, 1.807) is 0 Å². The Morgan fingerprint density at radius 2 is 1.02 bits per heavy atom. The molecule has 0 aromatic heterocycles. The molecule has 1 saturated heterocycles. The number of carbonyl (C=O) groups is 3. The van der Waals surface area contributed by atoms with Crippen molar-refractivity contribution in [2.75, 3.05) is 46.2 Å². The monoisotopic (exact) mass is 785 g/mol. The normalized spacial score (nSPS) is 14.0. The molecule has 1 fully saturated rings. The fourth-order valence-electron chi connectivity index (χ4n) is 6.94. The van der Waals surface area contributed by atoms with Gasteiger partial charge in [0.05, 0.1) is 19.4 Å². The van der Waals surface area contributed by atoms with E-state index in [9.17, 15) is 23.2 Å². The summed E-state index contributed by atoms with van der Waals surface area (Å²) >= 11 is 0. The third kappa shape index (κ3) is 31.5. The van der Waals surface area contributed by atoms with Gasteiger partial charge in [-0.2, -0.15) is 0 Å². The summed E-state index contributed by atoms with van der Waals surface area (Å²) in [6, 6.07) is -0.187. The Morgan fingerprint density at radius 3 is 1.49 bits per heavy atom. The third-order valence-corrected chi connectivity index (χ3v) is 10.5. The first-order valence-electron chi connectivity index (χ1n) is 22.7. The lowest BCUT2D eigenvalue weighted by Gasteiger charge is -2.40. The predicted molar refractivity (Wildman–Crippen MR) is 221 cm³/mol. The highest BCUT2D eigenvalue weighted by Gasteiger charge is 2.30. The van der Waals surface area contributed by atoms with Crippen molar-refractivity contribution >= 4 is 18.0 Å². The van der Waals surface area contributed by atoms with Crippen LogP contribution in [0.25, 0.3) is 0 Å². The molecule has 0 aromatic rings. The van der Waals surface area contributed by atoms with Gasteiger partial charge < -0.3 is 19.5 Å². The lowest BCUT2D eigenvalue weighted by Crippen LogP contribution is -2.60. The molecule has 322 valence electrons. The molecule has 1 aliphatic rings. The Bertz CT molecular complexity index is 944. The number of nitrogens with zero attached hydrogens (tertiary/aromatic N) is 1. The number of nitrogens with one attached hydrogen (secondary N) is 1. The van der Waals surface area contributed by atoms with Crippen molar-refractivity contribution in [2.45, 2.75) is 206 Å². The molecule has 55 heavy (non-hydrogen) atoms. The van der Waals surface area contributed by atoms with E-state index in [4.69, 9.17) is 14.2 Å². The van der Waals surface area contributed by atoms with Crippen molar-refractivity contribution in [3.8, 4) is 0 Å². The molecule has 0 spiro atoms. The fourth-order valence-corrected chi connectivity index (χ4v) is 6.94. The molecule has 1 N–H and O–H groups in total. The third-order valence-electron chi connectivity index (χ3n) is 10.5. The smallest absolute Gasteiger partial charge is 0.407 e. The Balaban J connectivity index is 2.30. The van der Waals surface area contributed by atoms with Gasteiger partial charge in [0.25, 0.3) is 0 Å². The lowest BCUT2D eigenvalue weighted by molar-refractivity contribution is -0.161. The molecule has 0 bridgehead atoms. The molecule has 0 saturated carbocycles. The quantitative estimate of drug-likeness (QED) is 0.0287. The minimum absolute atomic E-state index is 0.173. The first-order chi connectivity index (χ1) is 26.9. The van der Waals surface area contributed by atoms with Crippen LogP contribution < -0.4 is 5.32 Å². The number of rotatable bonds is 39. The van der Waals surface area contributed by atoms with Crippen LogP contribution in [-0.4, -0.2) is 81.3 Å². The van der Waals surface area contributed by atoms with E-state index in [0.29, 0.717) is 32.5 Å². The molecular formula is C45H82F2N2O6. The number of hydrogen-bond donors (Lipinski definition) is 1. The summed E-state index contributed by atoms with van der Waals surface area (Å²) in [5.41, 5.74) is 0. The number of esters is 2. The van der Waals surface area contributed by atoms with Crippen molar-refractivity contribution in [1.29, 1.82) is 0 Å². The average Bonchev–Trinajstić information content (AvgIpc) is 3.16. The highest BCUT2D eigenvalue weighted by molar-refractivity contribution is 5.70. The number of carbonyl (C=O) groups excluding carboxylic acids is 3. The molecule has 10 heteroatoms. The van der Waals surface area contributed by atoms with E-state index >= 15 is 0 Å². The minimum atomic E-state index is -0.898. The maximum absolute atomic E-state index is 12.8. The van der Waals surface area contributed by atoms with E-state index in [1.807, 2.05) is 4.90 Å². The summed E-state index contributed by atoms with van der Waals surface area (Å²) in [7, 11) is 0. The summed E-state index contributed by atoms with van der Waals surface area (Å²) in [4.78, 5) is 39.6. The van der Waals surface area contributed by atoms with E-state index in [1.165, 1.54) is 109 Å². The van der Waals surface area contributed by atoms with Crippen LogP contribution in [0.1, 0.15) is 194 Å². The van der Waals surface area contributed by atoms with Crippen LogP contribution in [0.3, 0.4) is 0 Å². The molecular weight excluding hydrogens is 702 g/mol. The van der Waals surface area contributed by atoms with Gasteiger partial charge in [0.1, 0.15) is 13.2 Å². The van der Waals surface area contributed by atoms with Gasteiger partial charge >= 0.3 is 18.0 Å². The second-order valence-electron chi connectivity index (χ2n) is 16.0. The highest BCUT2D eigenvalue weighted by atomic mass is 19.1. The second kappa shape index (κ2) is 37.4. The first kappa shape index (κ1) is 50.8. The van der Waals surface area contributed by atoms with Crippen molar-refractivity contribution in [3.63, 3.8) is 0 Å². The molecule has 1 amide bonds. The van der Waals surface area contributed by atoms with Crippen molar-refractivity contribution in [1.82, 2.24) is 10.2 Å². The van der Waals surface area contributed by atoms with Crippen molar-refractivity contribution in [3.05, 3.63) is 12.2 Å². The Kier molecular flexibility index (Phi) is 34.5. The Morgan fingerprint density at radius 1 is 0.600 bits per heavy atom. The van der Waals surface area contributed by atoms with E-state index < -0.39 is 37.4 Å². The van der Waals surface area contributed by atoms with E-state index in [2.05, 4.69) is 31.3 Å². The number of unbranched alkanes of at least 4 members (excludes halogenated alkanes) is 23. The summed E-state index contributed by atoms with van der Waals surface area (Å²) in [5.74, 6) is -1.40. The zero-order valence-electron chi connectivity index (χ0n) is 35.3. The van der Waals surface area contributed by atoms with Gasteiger partial charge in [-0.25, -0.2) is 4.79 Å². The Hall–Kier alpha value is -2.23. The number of alkyl halides is 2. The van der Waals surface area contributed by atoms with Crippen molar-refractivity contribution in [2.24, 2.45) is 5.92 Å². The molecule has 1 heterocycles. The fraction of sp³-hybridized carbons (Fsp3) is 0.889. The van der Waals surface area contributed by atoms with E-state index in [0.717, 1.165) is 51.4 Å². The number of ether oxygens (including phenoxy) is 3. The zero-order valence-corrected chi connectivity index (χ0v) is 35.3.